The first-order valence-corrected chi connectivity index (χ1v) is 9.24. The van der Waals surface area contributed by atoms with Crippen molar-refractivity contribution in [2.24, 2.45) is 5.92 Å². The molecule has 0 fully saturated rings. The average Bonchev–Trinajstić information content (AvgIpc) is 2.58. The maximum Gasteiger partial charge on any atom is 0.188 e. The third kappa shape index (κ3) is 4.94. The standard InChI is InChI=1S/C18H23N3O3S/c1-12(2)6-8-20-18-5-4-13-10-16(23)14(11-15(13)21-18)17(7-9-22)25(24)19-3/h4-5,7,9-12,19,23H,6,8H2,1-3H3,(H,20,21)/b17-7-. The molecular weight excluding hydrogens is 338 g/mol. The van der Waals surface area contributed by atoms with Crippen molar-refractivity contribution in [2.45, 2.75) is 20.3 Å². The van der Waals surface area contributed by atoms with E-state index in [0.29, 0.717) is 23.3 Å². The van der Waals surface area contributed by atoms with E-state index >= 15 is 0 Å². The number of carbonyl (C=O) groups excluding carboxylic acids is 1. The van der Waals surface area contributed by atoms with Crippen LogP contribution in [0.4, 0.5) is 5.82 Å². The van der Waals surface area contributed by atoms with E-state index in [-0.39, 0.29) is 10.7 Å². The number of phenols is 1. The van der Waals surface area contributed by atoms with Gasteiger partial charge in [-0.05, 0) is 36.6 Å². The molecule has 1 aromatic carbocycles. The van der Waals surface area contributed by atoms with Crippen LogP contribution < -0.4 is 10.0 Å². The largest absolute Gasteiger partial charge is 0.593 e. The number of hydrogen-bond acceptors (Lipinski definition) is 6. The average molecular weight is 361 g/mol. The van der Waals surface area contributed by atoms with Crippen LogP contribution in [0.15, 0.2) is 30.3 Å². The molecule has 0 amide bonds. The molecule has 0 bridgehead atoms. The van der Waals surface area contributed by atoms with Crippen LogP contribution in [-0.4, -0.2) is 34.5 Å². The summed E-state index contributed by atoms with van der Waals surface area (Å²) in [7, 11) is 1.52. The summed E-state index contributed by atoms with van der Waals surface area (Å²) in [6, 6.07) is 6.92. The number of aromatic hydroxyl groups is 1. The molecule has 0 spiro atoms. The van der Waals surface area contributed by atoms with Gasteiger partial charge in [0, 0.05) is 25.1 Å². The SMILES string of the molecule is CN[S+]([O-])/C(=C\C=O)c1cc2nc(NCCC(C)C)ccc2cc1O. The van der Waals surface area contributed by atoms with Crippen LogP contribution in [0.2, 0.25) is 0 Å². The number of fused-ring (bicyclic) bond motifs is 1. The normalized spacial score (nSPS) is 13.2. The number of allylic oxidation sites excluding steroid dienone is 1. The van der Waals surface area contributed by atoms with Gasteiger partial charge in [0.25, 0.3) is 0 Å². The molecule has 25 heavy (non-hydrogen) atoms. The highest BCUT2D eigenvalue weighted by Gasteiger charge is 2.20. The predicted molar refractivity (Wildman–Crippen MR) is 103 cm³/mol. The molecule has 0 saturated heterocycles. The van der Waals surface area contributed by atoms with Crippen molar-refractivity contribution in [3.63, 3.8) is 0 Å². The van der Waals surface area contributed by atoms with Crippen molar-refractivity contribution < 1.29 is 14.5 Å². The highest BCUT2D eigenvalue weighted by atomic mass is 32.2. The third-order valence-electron chi connectivity index (χ3n) is 3.70. The fourth-order valence-electron chi connectivity index (χ4n) is 2.37. The summed E-state index contributed by atoms with van der Waals surface area (Å²) in [5.41, 5.74) is 0.964. The zero-order valence-corrected chi connectivity index (χ0v) is 15.4. The fourth-order valence-corrected chi connectivity index (χ4v) is 3.13. The maximum absolute atomic E-state index is 12.1. The van der Waals surface area contributed by atoms with Gasteiger partial charge >= 0.3 is 0 Å². The summed E-state index contributed by atoms with van der Waals surface area (Å²) >= 11 is -1.61. The minimum atomic E-state index is -1.61. The molecule has 0 aliphatic heterocycles. The third-order valence-corrected chi connectivity index (χ3v) is 4.83. The van der Waals surface area contributed by atoms with Gasteiger partial charge in [0.1, 0.15) is 17.9 Å². The number of hydrogen-bond donors (Lipinski definition) is 3. The molecule has 2 rings (SSSR count). The van der Waals surface area contributed by atoms with Gasteiger partial charge in [0.05, 0.1) is 22.4 Å². The van der Waals surface area contributed by atoms with Gasteiger partial charge in [-0.3, -0.25) is 4.79 Å². The van der Waals surface area contributed by atoms with Gasteiger partial charge in [-0.15, -0.1) is 4.72 Å². The summed E-state index contributed by atoms with van der Waals surface area (Å²) < 4.78 is 14.7. The van der Waals surface area contributed by atoms with E-state index in [1.165, 1.54) is 13.1 Å². The molecule has 1 unspecified atom stereocenters. The number of phenolic OH excluding ortho intramolecular Hbond substituents is 1. The molecule has 1 atom stereocenters. The van der Waals surface area contributed by atoms with Gasteiger partial charge < -0.3 is 15.0 Å². The Hall–Kier alpha value is -2.09. The number of aldehydes is 1. The van der Waals surface area contributed by atoms with Crippen LogP contribution in [0.1, 0.15) is 25.8 Å². The van der Waals surface area contributed by atoms with E-state index in [2.05, 4.69) is 28.9 Å². The van der Waals surface area contributed by atoms with E-state index in [4.69, 9.17) is 0 Å². The number of nitrogens with one attached hydrogen (secondary N) is 2. The first-order chi connectivity index (χ1) is 12.0. The van der Waals surface area contributed by atoms with E-state index in [0.717, 1.165) is 24.2 Å². The molecular formula is C18H23N3O3S. The lowest BCUT2D eigenvalue weighted by Gasteiger charge is -2.13. The van der Waals surface area contributed by atoms with Gasteiger partial charge in [0.15, 0.2) is 4.91 Å². The molecule has 1 heterocycles. The summed E-state index contributed by atoms with van der Waals surface area (Å²) in [4.78, 5) is 15.6. The Labute approximate surface area is 150 Å². The number of carbonyl (C=O) groups is 1. The molecule has 6 nitrogen and oxygen atoms in total. The Balaban J connectivity index is 2.40. The predicted octanol–water partition coefficient (Wildman–Crippen LogP) is 2.82. The second kappa shape index (κ2) is 8.84. The molecule has 3 N–H and O–H groups in total. The number of benzene rings is 1. The van der Waals surface area contributed by atoms with E-state index in [1.54, 1.807) is 12.1 Å². The highest BCUT2D eigenvalue weighted by Crippen LogP contribution is 2.32. The van der Waals surface area contributed by atoms with E-state index in [1.807, 2.05) is 12.1 Å². The monoisotopic (exact) mass is 361 g/mol. The molecule has 0 aliphatic rings. The van der Waals surface area contributed by atoms with Crippen molar-refractivity contribution >= 4 is 39.3 Å². The number of rotatable bonds is 8. The van der Waals surface area contributed by atoms with Crippen LogP contribution >= 0.6 is 0 Å². The summed E-state index contributed by atoms with van der Waals surface area (Å²) in [5, 5.41) is 14.3. The highest BCUT2D eigenvalue weighted by molar-refractivity contribution is 7.98. The molecule has 0 aliphatic carbocycles. The van der Waals surface area contributed by atoms with Crippen LogP contribution in [0.5, 0.6) is 5.75 Å². The van der Waals surface area contributed by atoms with E-state index in [9.17, 15) is 14.5 Å². The van der Waals surface area contributed by atoms with Gasteiger partial charge in [-0.2, -0.15) is 0 Å². The van der Waals surface area contributed by atoms with Crippen LogP contribution in [0, 0.1) is 5.92 Å². The van der Waals surface area contributed by atoms with Gasteiger partial charge in [0.2, 0.25) is 0 Å². The lowest BCUT2D eigenvalue weighted by atomic mass is 10.1. The topological polar surface area (TPSA) is 97.3 Å². The molecule has 134 valence electrons. The summed E-state index contributed by atoms with van der Waals surface area (Å²) in [6.45, 7) is 5.14. The first-order valence-electron chi connectivity index (χ1n) is 8.09. The minimum Gasteiger partial charge on any atom is -0.593 e. The van der Waals surface area contributed by atoms with Gasteiger partial charge in [-0.25, -0.2) is 4.98 Å². The van der Waals surface area contributed by atoms with Crippen molar-refractivity contribution in [3.8, 4) is 5.75 Å². The second-order valence-corrected chi connectivity index (χ2v) is 7.39. The Morgan fingerprint density at radius 2 is 2.16 bits per heavy atom. The quantitative estimate of drug-likeness (QED) is 0.380. The Kier molecular flexibility index (Phi) is 6.81. The lowest BCUT2D eigenvalue weighted by molar-refractivity contribution is -0.104. The van der Waals surface area contributed by atoms with Gasteiger partial charge in [-0.1, -0.05) is 13.8 Å². The summed E-state index contributed by atoms with van der Waals surface area (Å²) in [6.07, 6.45) is 2.76. The fraction of sp³-hybridized carbons (Fsp3) is 0.333. The zero-order chi connectivity index (χ0) is 18.4. The zero-order valence-electron chi connectivity index (χ0n) is 14.6. The first kappa shape index (κ1) is 19.2. The van der Waals surface area contributed by atoms with Crippen molar-refractivity contribution in [1.29, 1.82) is 0 Å². The molecule has 2 aromatic rings. The lowest BCUT2D eigenvalue weighted by Crippen LogP contribution is -2.20. The van der Waals surface area contributed by atoms with E-state index < -0.39 is 11.4 Å². The Morgan fingerprint density at radius 3 is 2.80 bits per heavy atom. The number of pyridine rings is 1. The molecule has 0 saturated carbocycles. The van der Waals surface area contributed by atoms with Crippen molar-refractivity contribution in [1.82, 2.24) is 9.71 Å². The molecule has 0 radical (unpaired) electrons. The van der Waals surface area contributed by atoms with Crippen molar-refractivity contribution in [2.75, 3.05) is 18.9 Å². The van der Waals surface area contributed by atoms with Crippen molar-refractivity contribution in [3.05, 3.63) is 35.9 Å². The number of aromatic nitrogens is 1. The minimum absolute atomic E-state index is 0.0495. The summed E-state index contributed by atoms with van der Waals surface area (Å²) in [5.74, 6) is 1.29. The molecule has 1 aromatic heterocycles. The smallest absolute Gasteiger partial charge is 0.188 e. The van der Waals surface area contributed by atoms with Crippen LogP contribution in [0.25, 0.3) is 15.8 Å². The maximum atomic E-state index is 12.1. The van der Waals surface area contributed by atoms with Crippen LogP contribution in [-0.2, 0) is 16.2 Å². The number of anilines is 1. The second-order valence-electron chi connectivity index (χ2n) is 6.01. The number of nitrogens with zero attached hydrogens (tertiary/aromatic N) is 1. The molecule has 7 heteroatoms. The Morgan fingerprint density at radius 1 is 1.40 bits per heavy atom. The van der Waals surface area contributed by atoms with Crippen LogP contribution in [0.3, 0.4) is 0 Å². The Bertz CT molecular complexity index is 777.